The third-order valence-electron chi connectivity index (χ3n) is 10.9. The van der Waals surface area contributed by atoms with E-state index >= 15 is 0 Å². The quantitative estimate of drug-likeness (QED) is 0.563. The van der Waals surface area contributed by atoms with Crippen molar-refractivity contribution in [1.82, 2.24) is 4.90 Å². The lowest BCUT2D eigenvalue weighted by Gasteiger charge is -2.67. The number of hydrogen-bond donors (Lipinski definition) is 2. The summed E-state index contributed by atoms with van der Waals surface area (Å²) in [6.45, 7) is 9.52. The van der Waals surface area contributed by atoms with Crippen LogP contribution in [0.5, 0.6) is 0 Å². The lowest BCUT2D eigenvalue weighted by atomic mass is 9.39. The van der Waals surface area contributed by atoms with Gasteiger partial charge in [-0.25, -0.2) is 0 Å². The summed E-state index contributed by atoms with van der Waals surface area (Å²) in [6.07, 6.45) is 4.66. The first kappa shape index (κ1) is 16.8. The number of piperidine rings is 2. The van der Waals surface area contributed by atoms with Crippen LogP contribution in [0.1, 0.15) is 52.4 Å². The molecule has 3 aliphatic heterocycles. The van der Waals surface area contributed by atoms with Crippen molar-refractivity contribution in [3.05, 3.63) is 12.2 Å². The molecule has 2 spiro atoms. The van der Waals surface area contributed by atoms with E-state index in [0.29, 0.717) is 24.8 Å². The zero-order valence-electron chi connectivity index (χ0n) is 16.9. The molecule has 0 aromatic heterocycles. The van der Waals surface area contributed by atoms with Gasteiger partial charge in [-0.3, -0.25) is 9.69 Å². The number of carbonyl (C=O) groups excluding carboxylic acids is 1. The molecule has 0 aromatic carbocycles. The maximum atomic E-state index is 12.4. The zero-order valence-corrected chi connectivity index (χ0v) is 16.9. The van der Waals surface area contributed by atoms with Crippen LogP contribution in [0.2, 0.25) is 0 Å². The van der Waals surface area contributed by atoms with Crippen molar-refractivity contribution in [3.8, 4) is 0 Å². The lowest BCUT2D eigenvalue weighted by Crippen LogP contribution is -2.72. The highest BCUT2D eigenvalue weighted by atomic mass is 16.5. The van der Waals surface area contributed by atoms with E-state index in [4.69, 9.17) is 4.74 Å². The van der Waals surface area contributed by atoms with Gasteiger partial charge in [-0.1, -0.05) is 26.8 Å². The molecule has 1 unspecified atom stereocenters. The summed E-state index contributed by atoms with van der Waals surface area (Å²) in [5.41, 5.74) is -0.0911. The summed E-state index contributed by atoms with van der Waals surface area (Å²) in [5.74, 6) is 0.630. The molecule has 6 saturated carbocycles. The number of ether oxygens (including phenoxy) is 1. The Morgan fingerprint density at radius 1 is 1.36 bits per heavy atom. The molecule has 2 N–H and O–H groups in total. The van der Waals surface area contributed by atoms with E-state index < -0.39 is 11.8 Å². The van der Waals surface area contributed by atoms with E-state index in [-0.39, 0.29) is 46.1 Å². The molecule has 9 aliphatic rings. The van der Waals surface area contributed by atoms with Gasteiger partial charge >= 0.3 is 5.97 Å². The fourth-order valence-electron chi connectivity index (χ4n) is 11.0. The fourth-order valence-corrected chi connectivity index (χ4v) is 11.0. The number of esters is 1. The van der Waals surface area contributed by atoms with Crippen molar-refractivity contribution >= 4 is 5.97 Å². The van der Waals surface area contributed by atoms with Crippen LogP contribution in [-0.4, -0.2) is 51.6 Å². The van der Waals surface area contributed by atoms with Crippen molar-refractivity contribution in [3.63, 3.8) is 0 Å². The van der Waals surface area contributed by atoms with Crippen LogP contribution in [0, 0.1) is 39.9 Å². The molecule has 3 heterocycles. The molecule has 9 rings (SSSR count). The van der Waals surface area contributed by atoms with Gasteiger partial charge in [-0.15, -0.1) is 0 Å². The minimum atomic E-state index is -0.798. The minimum Gasteiger partial charge on any atom is -0.457 e. The molecule has 9 bridgehead atoms. The van der Waals surface area contributed by atoms with Crippen molar-refractivity contribution in [2.24, 2.45) is 39.9 Å². The summed E-state index contributed by atoms with van der Waals surface area (Å²) in [5, 5.41) is 23.7. The average molecular weight is 386 g/mol. The summed E-state index contributed by atoms with van der Waals surface area (Å²) in [6, 6.07) is 0.338. The fraction of sp³-hybridized carbons (Fsp3) is 0.870. The molecule has 5 nitrogen and oxygen atoms in total. The first-order chi connectivity index (χ1) is 13.3. The number of aliphatic hydroxyl groups is 2. The third kappa shape index (κ3) is 1.29. The van der Waals surface area contributed by atoms with E-state index in [0.717, 1.165) is 25.0 Å². The van der Waals surface area contributed by atoms with E-state index in [2.05, 4.69) is 18.4 Å². The van der Waals surface area contributed by atoms with Crippen LogP contribution >= 0.6 is 0 Å². The SMILES string of the molecule is C=C1[C@H]2C[C@@H]3[C@H]4N5C[C@]6(C)CCC[C@]47[C@H]([C@H]2O)[C@]3(C[C@@]5(O)[C@H]67)[C@@H]1OC(=O)CC. The van der Waals surface area contributed by atoms with Gasteiger partial charge in [0, 0.05) is 48.6 Å². The van der Waals surface area contributed by atoms with E-state index in [1.54, 1.807) is 0 Å². The molecule has 0 amide bonds. The zero-order chi connectivity index (χ0) is 19.4. The maximum absolute atomic E-state index is 12.4. The molecular formula is C23H31NO4. The predicted molar refractivity (Wildman–Crippen MR) is 101 cm³/mol. The molecule has 12 atom stereocenters. The topological polar surface area (TPSA) is 70.0 Å². The molecule has 5 heteroatoms. The van der Waals surface area contributed by atoms with Gasteiger partial charge in [-0.2, -0.15) is 0 Å². The first-order valence-corrected chi connectivity index (χ1v) is 11.3. The third-order valence-corrected chi connectivity index (χ3v) is 10.9. The van der Waals surface area contributed by atoms with Gasteiger partial charge in [0.25, 0.3) is 0 Å². The van der Waals surface area contributed by atoms with Crippen LogP contribution in [-0.2, 0) is 9.53 Å². The Morgan fingerprint density at radius 3 is 2.89 bits per heavy atom. The summed E-state index contributed by atoms with van der Waals surface area (Å²) in [4.78, 5) is 14.8. The maximum Gasteiger partial charge on any atom is 0.306 e. The van der Waals surface area contributed by atoms with Crippen LogP contribution in [0.15, 0.2) is 12.2 Å². The first-order valence-electron chi connectivity index (χ1n) is 11.3. The smallest absolute Gasteiger partial charge is 0.306 e. The molecule has 152 valence electrons. The van der Waals surface area contributed by atoms with E-state index in [1.165, 1.54) is 12.8 Å². The number of carbonyl (C=O) groups is 1. The molecule has 6 aliphatic carbocycles. The largest absolute Gasteiger partial charge is 0.457 e. The number of hydrogen-bond acceptors (Lipinski definition) is 5. The predicted octanol–water partition coefficient (Wildman–Crippen LogP) is 2.07. The van der Waals surface area contributed by atoms with Gasteiger partial charge in [0.15, 0.2) is 0 Å². The summed E-state index contributed by atoms with van der Waals surface area (Å²) < 4.78 is 6.08. The molecule has 0 aromatic rings. The Kier molecular flexibility index (Phi) is 2.65. The minimum absolute atomic E-state index is 0.0192. The summed E-state index contributed by atoms with van der Waals surface area (Å²) in [7, 11) is 0. The van der Waals surface area contributed by atoms with Gasteiger partial charge in [0.05, 0.1) is 6.10 Å². The second kappa shape index (κ2) is 4.40. The highest BCUT2D eigenvalue weighted by Crippen LogP contribution is 2.89. The lowest BCUT2D eigenvalue weighted by molar-refractivity contribution is -0.275. The molecule has 28 heavy (non-hydrogen) atoms. The van der Waals surface area contributed by atoms with Crippen LogP contribution in [0.4, 0.5) is 0 Å². The summed E-state index contributed by atoms with van der Waals surface area (Å²) >= 11 is 0. The average Bonchev–Trinajstić information content (AvgIpc) is 3.00. The van der Waals surface area contributed by atoms with Crippen LogP contribution < -0.4 is 0 Å². The highest BCUT2D eigenvalue weighted by molar-refractivity contribution is 5.70. The molecule has 3 saturated heterocycles. The second-order valence-corrected chi connectivity index (χ2v) is 11.5. The molecular weight excluding hydrogens is 354 g/mol. The monoisotopic (exact) mass is 385 g/mol. The highest BCUT2D eigenvalue weighted by Gasteiger charge is 2.93. The van der Waals surface area contributed by atoms with Crippen molar-refractivity contribution in [1.29, 1.82) is 0 Å². The molecule has 9 fully saturated rings. The van der Waals surface area contributed by atoms with Gasteiger partial charge in [0.2, 0.25) is 0 Å². The van der Waals surface area contributed by atoms with Crippen LogP contribution in [0.3, 0.4) is 0 Å². The number of aliphatic hydroxyl groups excluding tert-OH is 1. The van der Waals surface area contributed by atoms with Crippen molar-refractivity contribution < 1.29 is 19.7 Å². The van der Waals surface area contributed by atoms with E-state index in [9.17, 15) is 15.0 Å². The number of nitrogens with zero attached hydrogens (tertiary/aromatic N) is 1. The number of rotatable bonds is 2. The van der Waals surface area contributed by atoms with E-state index in [1.807, 2.05) is 6.92 Å². The Bertz CT molecular complexity index is 842. The van der Waals surface area contributed by atoms with Crippen LogP contribution in [0.25, 0.3) is 0 Å². The van der Waals surface area contributed by atoms with Crippen molar-refractivity contribution in [2.75, 3.05) is 6.54 Å². The molecule has 0 radical (unpaired) electrons. The Balaban J connectivity index is 1.48. The Hall–Kier alpha value is -0.910. The Labute approximate surface area is 166 Å². The van der Waals surface area contributed by atoms with Gasteiger partial charge in [-0.05, 0) is 41.6 Å². The second-order valence-electron chi connectivity index (χ2n) is 11.5. The van der Waals surface area contributed by atoms with Crippen molar-refractivity contribution in [2.45, 2.75) is 76.3 Å². The standard InChI is InChI=1S/C23H31NO4/c1-4-14(25)28-18-11(2)12-8-13-17-21-7-5-6-20(3)10-24(17)23(27,19(20)21)9-22(13,18)16(21)15(12)26/h12-13,15-19,26-27H,2,4-10H2,1,3H3/t12-,13-,15+,16+,17-,18-,19-,20+,21+,22-,23-/m1/s1. The number of fused-ring (bicyclic) bond motifs is 1. The Morgan fingerprint density at radius 2 is 2.14 bits per heavy atom. The van der Waals surface area contributed by atoms with Gasteiger partial charge < -0.3 is 14.9 Å². The normalized spacial score (nSPS) is 66.6. The van der Waals surface area contributed by atoms with Gasteiger partial charge in [0.1, 0.15) is 11.8 Å².